The maximum atomic E-state index is 12.2. The van der Waals surface area contributed by atoms with Crippen molar-refractivity contribution in [1.82, 2.24) is 4.90 Å². The van der Waals surface area contributed by atoms with Crippen molar-refractivity contribution >= 4 is 18.0 Å². The first-order valence-electron chi connectivity index (χ1n) is 9.73. The number of aromatic carboxylic acids is 2. The minimum absolute atomic E-state index is 0.117. The van der Waals surface area contributed by atoms with Crippen LogP contribution < -0.4 is 4.74 Å². The number of rotatable bonds is 8. The Morgan fingerprint density at radius 2 is 1.52 bits per heavy atom. The number of hydrogen-bond donors (Lipinski definition) is 2. The van der Waals surface area contributed by atoms with Gasteiger partial charge in [-0.2, -0.15) is 0 Å². The molecule has 1 atom stereocenters. The number of nitrogens with zero attached hydrogens (tertiary/aromatic N) is 1. The molecule has 0 heterocycles. The van der Waals surface area contributed by atoms with Gasteiger partial charge >= 0.3 is 18.0 Å². The van der Waals surface area contributed by atoms with Gasteiger partial charge < -0.3 is 24.6 Å². The van der Waals surface area contributed by atoms with E-state index in [0.29, 0.717) is 13.0 Å². The van der Waals surface area contributed by atoms with Crippen LogP contribution in [0.5, 0.6) is 5.75 Å². The van der Waals surface area contributed by atoms with E-state index >= 15 is 0 Å². The van der Waals surface area contributed by atoms with Crippen molar-refractivity contribution in [2.24, 2.45) is 0 Å². The number of carboxylic acid groups (broad SMARTS) is 2. The van der Waals surface area contributed by atoms with Crippen molar-refractivity contribution < 1.29 is 34.1 Å². The van der Waals surface area contributed by atoms with Crippen molar-refractivity contribution in [2.45, 2.75) is 38.9 Å². The summed E-state index contributed by atoms with van der Waals surface area (Å²) in [6.45, 7) is 5.65. The minimum Gasteiger partial charge on any atom is -0.486 e. The predicted molar refractivity (Wildman–Crippen MR) is 114 cm³/mol. The van der Waals surface area contributed by atoms with Crippen LogP contribution in [0.15, 0.2) is 48.5 Å². The van der Waals surface area contributed by atoms with Crippen molar-refractivity contribution in [3.8, 4) is 5.75 Å². The second-order valence-electron chi connectivity index (χ2n) is 8.06. The molecule has 0 aliphatic rings. The lowest BCUT2D eigenvalue weighted by Gasteiger charge is -2.26. The first kappa shape index (κ1) is 23.7. The molecule has 0 saturated carbocycles. The largest absolute Gasteiger partial charge is 0.486 e. The van der Waals surface area contributed by atoms with Gasteiger partial charge in [-0.3, -0.25) is 0 Å². The van der Waals surface area contributed by atoms with Gasteiger partial charge in [-0.05, 0) is 44.5 Å². The molecule has 0 aromatic heterocycles. The van der Waals surface area contributed by atoms with Crippen molar-refractivity contribution in [3.05, 3.63) is 65.2 Å². The van der Waals surface area contributed by atoms with E-state index in [9.17, 15) is 24.6 Å². The van der Waals surface area contributed by atoms with E-state index in [1.165, 1.54) is 17.0 Å². The van der Waals surface area contributed by atoms with Gasteiger partial charge in [0, 0.05) is 20.0 Å². The molecule has 0 aliphatic heterocycles. The molecule has 31 heavy (non-hydrogen) atoms. The molecule has 2 rings (SSSR count). The molecular formula is C23H27NO7. The molecule has 2 aromatic rings. The maximum Gasteiger partial charge on any atom is 0.410 e. The molecule has 2 N–H and O–H groups in total. The average Bonchev–Trinajstić information content (AvgIpc) is 2.69. The van der Waals surface area contributed by atoms with Crippen molar-refractivity contribution in [1.29, 1.82) is 0 Å². The van der Waals surface area contributed by atoms with E-state index < -0.39 is 29.7 Å². The van der Waals surface area contributed by atoms with Crippen LogP contribution in [-0.2, 0) is 4.74 Å². The molecule has 0 saturated heterocycles. The van der Waals surface area contributed by atoms with Crippen LogP contribution in [0.2, 0.25) is 0 Å². The Kier molecular flexibility index (Phi) is 7.63. The van der Waals surface area contributed by atoms with Gasteiger partial charge in [0.15, 0.2) is 0 Å². The van der Waals surface area contributed by atoms with Gasteiger partial charge in [0.25, 0.3) is 0 Å². The van der Waals surface area contributed by atoms with Crippen molar-refractivity contribution in [3.63, 3.8) is 0 Å². The van der Waals surface area contributed by atoms with Crippen LogP contribution in [0, 0.1) is 0 Å². The summed E-state index contributed by atoms with van der Waals surface area (Å²) in [7, 11) is 1.61. The molecule has 0 spiro atoms. The number of hydrogen-bond acceptors (Lipinski definition) is 5. The number of amides is 1. The number of carbonyl (C=O) groups excluding carboxylic acids is 1. The predicted octanol–water partition coefficient (Wildman–Crippen LogP) is 4.46. The number of ether oxygens (including phenoxy) is 2. The van der Waals surface area contributed by atoms with Crippen molar-refractivity contribution in [2.75, 3.05) is 13.6 Å². The third-order valence-electron chi connectivity index (χ3n) is 4.28. The van der Waals surface area contributed by atoms with Gasteiger partial charge in [-0.25, -0.2) is 14.4 Å². The Hall–Kier alpha value is -3.55. The first-order valence-corrected chi connectivity index (χ1v) is 9.73. The third-order valence-corrected chi connectivity index (χ3v) is 4.28. The molecule has 1 amide bonds. The highest BCUT2D eigenvalue weighted by atomic mass is 16.6. The normalized spacial score (nSPS) is 12.0. The van der Waals surface area contributed by atoms with Gasteiger partial charge in [-0.1, -0.05) is 30.3 Å². The fourth-order valence-electron chi connectivity index (χ4n) is 2.78. The molecular weight excluding hydrogens is 402 g/mol. The molecule has 8 nitrogen and oxygen atoms in total. The summed E-state index contributed by atoms with van der Waals surface area (Å²) in [6, 6.07) is 12.8. The molecule has 0 fully saturated rings. The van der Waals surface area contributed by atoms with Crippen LogP contribution in [0.4, 0.5) is 4.79 Å². The molecule has 0 bridgehead atoms. The van der Waals surface area contributed by atoms with E-state index in [0.717, 1.165) is 11.6 Å². The summed E-state index contributed by atoms with van der Waals surface area (Å²) in [4.78, 5) is 36.4. The van der Waals surface area contributed by atoms with Crippen LogP contribution in [0.3, 0.4) is 0 Å². The molecule has 166 valence electrons. The lowest BCUT2D eigenvalue weighted by Crippen LogP contribution is -2.35. The van der Waals surface area contributed by atoms with Gasteiger partial charge in [-0.15, -0.1) is 0 Å². The molecule has 1 unspecified atom stereocenters. The van der Waals surface area contributed by atoms with Gasteiger partial charge in [0.1, 0.15) is 17.5 Å². The third kappa shape index (κ3) is 7.33. The number of benzene rings is 2. The summed E-state index contributed by atoms with van der Waals surface area (Å²) < 4.78 is 11.4. The summed E-state index contributed by atoms with van der Waals surface area (Å²) >= 11 is 0. The highest BCUT2D eigenvalue weighted by molar-refractivity contribution is 5.94. The topological polar surface area (TPSA) is 113 Å². The van der Waals surface area contributed by atoms with Gasteiger partial charge in [0.2, 0.25) is 0 Å². The van der Waals surface area contributed by atoms with Crippen LogP contribution in [0.25, 0.3) is 0 Å². The lowest BCUT2D eigenvalue weighted by atomic mass is 10.1. The van der Waals surface area contributed by atoms with E-state index in [1.54, 1.807) is 27.8 Å². The molecule has 8 heteroatoms. The highest BCUT2D eigenvalue weighted by Crippen LogP contribution is 2.27. The zero-order chi connectivity index (χ0) is 23.2. The van der Waals surface area contributed by atoms with Gasteiger partial charge in [0.05, 0.1) is 11.1 Å². The SMILES string of the molecule is CN(CCC(Oc1cc(C(=O)O)cc(C(=O)O)c1)c1ccccc1)C(=O)OC(C)(C)C. The Bertz CT molecular complexity index is 902. The fraction of sp³-hybridized carbons (Fsp3) is 0.348. The standard InChI is InChI=1S/C23H27NO7/c1-23(2,3)31-22(29)24(4)11-10-19(15-8-6-5-7-9-15)30-18-13-16(20(25)26)12-17(14-18)21(27)28/h5-9,12-14,19H,10-11H2,1-4H3,(H,25,26)(H,27,28). The summed E-state index contributed by atoms with van der Waals surface area (Å²) in [5, 5.41) is 18.6. The summed E-state index contributed by atoms with van der Waals surface area (Å²) in [5.74, 6) is -2.39. The van der Waals surface area contributed by atoms with Crippen LogP contribution in [-0.4, -0.2) is 52.3 Å². The molecule has 0 aliphatic carbocycles. The fourth-order valence-corrected chi connectivity index (χ4v) is 2.78. The second-order valence-corrected chi connectivity index (χ2v) is 8.06. The zero-order valence-corrected chi connectivity index (χ0v) is 18.0. The number of carbonyl (C=O) groups is 3. The van der Waals surface area contributed by atoms with Crippen LogP contribution >= 0.6 is 0 Å². The Balaban J connectivity index is 2.25. The number of carboxylic acids is 2. The Labute approximate surface area is 181 Å². The highest BCUT2D eigenvalue weighted by Gasteiger charge is 2.22. The summed E-state index contributed by atoms with van der Waals surface area (Å²) in [6.07, 6.45) is -0.642. The second kappa shape index (κ2) is 9.97. The molecule has 2 aromatic carbocycles. The van der Waals surface area contributed by atoms with Crippen LogP contribution in [0.1, 0.15) is 59.6 Å². The maximum absolute atomic E-state index is 12.2. The van der Waals surface area contributed by atoms with E-state index in [1.807, 2.05) is 30.3 Å². The lowest BCUT2D eigenvalue weighted by molar-refractivity contribution is 0.0277. The van der Waals surface area contributed by atoms with E-state index in [2.05, 4.69) is 0 Å². The molecule has 0 radical (unpaired) electrons. The average molecular weight is 429 g/mol. The Morgan fingerprint density at radius 3 is 2.00 bits per heavy atom. The smallest absolute Gasteiger partial charge is 0.410 e. The summed E-state index contributed by atoms with van der Waals surface area (Å²) in [5.41, 5.74) is -0.191. The quantitative estimate of drug-likeness (QED) is 0.637. The monoisotopic (exact) mass is 429 g/mol. The first-order chi connectivity index (χ1) is 14.5. The van der Waals surface area contributed by atoms with E-state index in [4.69, 9.17) is 9.47 Å². The zero-order valence-electron chi connectivity index (χ0n) is 18.0. The minimum atomic E-state index is -1.26. The van der Waals surface area contributed by atoms with E-state index in [-0.39, 0.29) is 16.9 Å². The Morgan fingerprint density at radius 1 is 0.968 bits per heavy atom.